The molecule has 2 heterocycles. The third-order valence-corrected chi connectivity index (χ3v) is 7.07. The highest BCUT2D eigenvalue weighted by molar-refractivity contribution is 5.91. The maximum absolute atomic E-state index is 13.2. The van der Waals surface area contributed by atoms with Crippen LogP contribution in [0.1, 0.15) is 27.6 Å². The smallest absolute Gasteiger partial charge is 0.338 e. The Balaban J connectivity index is 1.51. The van der Waals surface area contributed by atoms with Crippen LogP contribution in [0, 0.1) is 0 Å². The zero-order valence-corrected chi connectivity index (χ0v) is 22.0. The van der Waals surface area contributed by atoms with E-state index in [9.17, 15) is 45.6 Å². The highest BCUT2D eigenvalue weighted by atomic mass is 16.7. The van der Waals surface area contributed by atoms with Crippen molar-refractivity contribution >= 4 is 5.97 Å². The first-order valence-corrected chi connectivity index (χ1v) is 12.6. The number of phenolic OH excluding ortho intramolecular Hbond substituents is 5. The van der Waals surface area contributed by atoms with Crippen LogP contribution in [-0.4, -0.2) is 91.2 Å². The largest absolute Gasteiger partial charge is 0.508 e. The molecule has 3 unspecified atom stereocenters. The number of ether oxygens (including phenoxy) is 5. The van der Waals surface area contributed by atoms with Gasteiger partial charge >= 0.3 is 5.97 Å². The van der Waals surface area contributed by atoms with E-state index < -0.39 is 72.4 Å². The van der Waals surface area contributed by atoms with Crippen molar-refractivity contribution in [2.75, 3.05) is 20.3 Å². The lowest BCUT2D eigenvalue weighted by Crippen LogP contribution is -2.48. The van der Waals surface area contributed by atoms with Crippen LogP contribution in [0.15, 0.2) is 42.5 Å². The zero-order chi connectivity index (χ0) is 30.3. The molecule has 42 heavy (non-hydrogen) atoms. The van der Waals surface area contributed by atoms with Gasteiger partial charge in [-0.05, 0) is 24.3 Å². The summed E-state index contributed by atoms with van der Waals surface area (Å²) < 4.78 is 27.9. The first-order valence-electron chi connectivity index (χ1n) is 12.6. The van der Waals surface area contributed by atoms with E-state index in [2.05, 4.69) is 0 Å². The van der Waals surface area contributed by atoms with Gasteiger partial charge < -0.3 is 64.5 Å². The van der Waals surface area contributed by atoms with Crippen LogP contribution in [0.2, 0.25) is 0 Å². The van der Waals surface area contributed by atoms with Crippen molar-refractivity contribution < 1.29 is 69.3 Å². The van der Waals surface area contributed by atoms with Gasteiger partial charge in [-0.2, -0.15) is 0 Å². The van der Waals surface area contributed by atoms with Crippen molar-refractivity contribution in [3.63, 3.8) is 0 Å². The summed E-state index contributed by atoms with van der Waals surface area (Å²) in [5, 5.41) is 80.5. The highest BCUT2D eigenvalue weighted by Crippen LogP contribution is 2.45. The average molecular weight is 589 g/mol. The van der Waals surface area contributed by atoms with Crippen molar-refractivity contribution in [2.24, 2.45) is 0 Å². The van der Waals surface area contributed by atoms with Gasteiger partial charge in [-0.3, -0.25) is 0 Å². The number of phenols is 5. The number of carbonyl (C=O) groups excluding carboxylic acids is 1. The first kappa shape index (κ1) is 28.9. The van der Waals surface area contributed by atoms with Crippen LogP contribution in [0.3, 0.4) is 0 Å². The molecular formula is C28H28O14. The number of methoxy groups -OCH3 is 1. The number of hydrogen-bond donors (Lipinski definition) is 8. The standard InChI is InChI=1S/C28H28O14/c1-38-21-6-13(5-18(33)23(21)34)26(36)41-22-9-15-19(40-24(22)12-2-3-16(31)17(32)4-12)7-14(30)8-20(15)42-27-25(35)28(37,10-29)11-39-27/h2-8,22,24-25,27,29-35,37H,9-11H2,1H3/t22-,24+,25?,27?,28?/m0/s1. The van der Waals surface area contributed by atoms with E-state index in [0.717, 1.165) is 12.1 Å². The lowest BCUT2D eigenvalue weighted by molar-refractivity contribution is -0.116. The Labute approximate surface area is 237 Å². The molecule has 2 aliphatic heterocycles. The van der Waals surface area contributed by atoms with Gasteiger partial charge in [0.1, 0.15) is 35.1 Å². The molecule has 14 nitrogen and oxygen atoms in total. The van der Waals surface area contributed by atoms with Crippen LogP contribution < -0.4 is 14.2 Å². The molecule has 0 radical (unpaired) electrons. The minimum absolute atomic E-state index is 0.0479. The SMILES string of the molecule is COc1cc(C(=O)O[C@H]2Cc3c(OC4OCC(O)(CO)C4O)cc(O)cc3O[C@@H]2c2ccc(O)c(O)c2)cc(O)c1O. The van der Waals surface area contributed by atoms with Crippen molar-refractivity contribution in [1.29, 1.82) is 0 Å². The second kappa shape index (κ2) is 11.0. The Morgan fingerprint density at radius 2 is 1.76 bits per heavy atom. The molecule has 1 fully saturated rings. The monoisotopic (exact) mass is 588 g/mol. The molecule has 0 bridgehead atoms. The normalized spacial score (nSPS) is 24.9. The summed E-state index contributed by atoms with van der Waals surface area (Å²) in [6.45, 7) is -1.23. The zero-order valence-electron chi connectivity index (χ0n) is 22.0. The molecule has 3 aromatic rings. The van der Waals surface area contributed by atoms with E-state index in [0.29, 0.717) is 0 Å². The van der Waals surface area contributed by atoms with Gasteiger partial charge in [-0.1, -0.05) is 6.07 Å². The van der Waals surface area contributed by atoms with Gasteiger partial charge in [0.15, 0.2) is 29.1 Å². The predicted octanol–water partition coefficient (Wildman–Crippen LogP) is 0.944. The van der Waals surface area contributed by atoms with Crippen LogP contribution in [0.4, 0.5) is 0 Å². The molecule has 0 aromatic heterocycles. The molecule has 0 saturated carbocycles. The molecular weight excluding hydrogens is 560 g/mol. The molecule has 0 amide bonds. The van der Waals surface area contributed by atoms with E-state index >= 15 is 0 Å². The topological polar surface area (TPSA) is 225 Å². The van der Waals surface area contributed by atoms with Gasteiger partial charge in [0, 0.05) is 29.7 Å². The number of aliphatic hydroxyl groups excluding tert-OH is 2. The van der Waals surface area contributed by atoms with Gasteiger partial charge in [0.25, 0.3) is 0 Å². The Hall–Kier alpha value is -4.63. The van der Waals surface area contributed by atoms with Crippen LogP contribution in [-0.2, 0) is 15.9 Å². The van der Waals surface area contributed by atoms with Crippen LogP contribution >= 0.6 is 0 Å². The summed E-state index contributed by atoms with van der Waals surface area (Å²) in [6.07, 6.45) is -5.44. The van der Waals surface area contributed by atoms with E-state index in [1.165, 1.54) is 37.4 Å². The Morgan fingerprint density at radius 3 is 2.43 bits per heavy atom. The lowest BCUT2D eigenvalue weighted by atomic mass is 9.93. The maximum atomic E-state index is 13.2. The second-order valence-electron chi connectivity index (χ2n) is 9.91. The summed E-state index contributed by atoms with van der Waals surface area (Å²) in [5.41, 5.74) is -1.59. The van der Waals surface area contributed by atoms with Crippen molar-refractivity contribution in [2.45, 2.75) is 36.6 Å². The van der Waals surface area contributed by atoms with E-state index in [1.807, 2.05) is 0 Å². The quantitative estimate of drug-likeness (QED) is 0.142. The molecule has 1 saturated heterocycles. The van der Waals surface area contributed by atoms with E-state index in [1.54, 1.807) is 0 Å². The predicted molar refractivity (Wildman–Crippen MR) is 139 cm³/mol. The van der Waals surface area contributed by atoms with E-state index in [4.69, 9.17) is 23.7 Å². The fourth-order valence-corrected chi connectivity index (χ4v) is 4.73. The summed E-state index contributed by atoms with van der Waals surface area (Å²) in [4.78, 5) is 13.2. The molecule has 3 aromatic carbocycles. The first-order chi connectivity index (χ1) is 19.9. The fraction of sp³-hybridized carbons (Fsp3) is 0.321. The number of benzene rings is 3. The number of carbonyl (C=O) groups is 1. The van der Waals surface area contributed by atoms with Gasteiger partial charge in [0.05, 0.1) is 25.9 Å². The number of fused-ring (bicyclic) bond motifs is 1. The molecule has 8 N–H and O–H groups in total. The number of rotatable bonds is 7. The summed E-state index contributed by atoms with van der Waals surface area (Å²) in [5.74, 6) is -3.47. The third-order valence-electron chi connectivity index (χ3n) is 7.07. The van der Waals surface area contributed by atoms with Crippen molar-refractivity contribution in [3.8, 4) is 46.0 Å². The second-order valence-corrected chi connectivity index (χ2v) is 9.91. The Kier molecular flexibility index (Phi) is 7.55. The molecule has 14 heteroatoms. The molecule has 2 aliphatic rings. The van der Waals surface area contributed by atoms with Gasteiger partial charge in [-0.25, -0.2) is 4.79 Å². The fourth-order valence-electron chi connectivity index (χ4n) is 4.73. The molecule has 5 rings (SSSR count). The Bertz CT molecular complexity index is 1510. The third kappa shape index (κ3) is 5.23. The van der Waals surface area contributed by atoms with Crippen molar-refractivity contribution in [3.05, 3.63) is 59.2 Å². The highest BCUT2D eigenvalue weighted by Gasteiger charge is 2.49. The Morgan fingerprint density at radius 1 is 1.00 bits per heavy atom. The minimum atomic E-state index is -1.97. The number of hydrogen-bond acceptors (Lipinski definition) is 14. The maximum Gasteiger partial charge on any atom is 0.338 e. The number of aliphatic hydroxyl groups is 3. The summed E-state index contributed by atoms with van der Waals surface area (Å²) in [6, 6.07) is 8.45. The minimum Gasteiger partial charge on any atom is -0.508 e. The number of esters is 1. The molecule has 0 aliphatic carbocycles. The molecule has 224 valence electrons. The average Bonchev–Trinajstić information content (AvgIpc) is 3.24. The summed E-state index contributed by atoms with van der Waals surface area (Å²) in [7, 11) is 1.23. The van der Waals surface area contributed by atoms with E-state index in [-0.39, 0.29) is 46.1 Å². The molecule has 0 spiro atoms. The van der Waals surface area contributed by atoms with Crippen molar-refractivity contribution in [1.82, 2.24) is 0 Å². The number of aromatic hydroxyl groups is 5. The van der Waals surface area contributed by atoms with Gasteiger partial charge in [0.2, 0.25) is 12.0 Å². The van der Waals surface area contributed by atoms with Gasteiger partial charge in [-0.15, -0.1) is 0 Å². The van der Waals surface area contributed by atoms with Crippen LogP contribution in [0.25, 0.3) is 0 Å². The molecule has 5 atom stereocenters. The van der Waals surface area contributed by atoms with Crippen LogP contribution in [0.5, 0.6) is 46.0 Å². The summed E-state index contributed by atoms with van der Waals surface area (Å²) >= 11 is 0. The lowest BCUT2D eigenvalue weighted by Gasteiger charge is -2.35.